The van der Waals surface area contributed by atoms with Gasteiger partial charge < -0.3 is 9.73 Å². The number of hydrogen-bond acceptors (Lipinski definition) is 2. The fourth-order valence-electron chi connectivity index (χ4n) is 1.34. The highest BCUT2D eigenvalue weighted by Gasteiger charge is 2.34. The predicted octanol–water partition coefficient (Wildman–Crippen LogP) is 1.73. The zero-order valence-corrected chi connectivity index (χ0v) is 7.83. The molecule has 2 atom stereocenters. The van der Waals surface area contributed by atoms with E-state index in [1.165, 1.54) is 6.26 Å². The molecule has 1 aliphatic rings. The molecule has 1 aromatic heterocycles. The molecule has 1 heterocycles. The van der Waals surface area contributed by atoms with Gasteiger partial charge in [-0.05, 0) is 25.3 Å². The van der Waals surface area contributed by atoms with Crippen LogP contribution in [-0.4, -0.2) is 11.9 Å². The van der Waals surface area contributed by atoms with Crippen molar-refractivity contribution < 1.29 is 9.21 Å². The average Bonchev–Trinajstić information content (AvgIpc) is 2.62. The standard InChI is InChI=1S/C10H13NO2/c1-6-3-9(6)11-10(12)8-4-7(2)13-5-8/h4-6,9H,3H2,1-2H3,(H,11,12). The third kappa shape index (κ3) is 1.74. The number of carbonyl (C=O) groups is 1. The van der Waals surface area contributed by atoms with Crippen LogP contribution in [0.5, 0.6) is 0 Å². The molecule has 70 valence electrons. The Morgan fingerprint density at radius 1 is 1.69 bits per heavy atom. The van der Waals surface area contributed by atoms with E-state index in [2.05, 4.69) is 12.2 Å². The molecule has 1 aromatic rings. The minimum Gasteiger partial charge on any atom is -0.469 e. The summed E-state index contributed by atoms with van der Waals surface area (Å²) in [6, 6.07) is 2.13. The topological polar surface area (TPSA) is 42.2 Å². The van der Waals surface area contributed by atoms with Crippen LogP contribution >= 0.6 is 0 Å². The summed E-state index contributed by atoms with van der Waals surface area (Å²) in [5, 5.41) is 2.93. The summed E-state index contributed by atoms with van der Waals surface area (Å²) in [4.78, 5) is 11.5. The van der Waals surface area contributed by atoms with E-state index in [4.69, 9.17) is 4.42 Å². The van der Waals surface area contributed by atoms with Gasteiger partial charge in [-0.15, -0.1) is 0 Å². The minimum atomic E-state index is -0.0220. The molecule has 0 aliphatic heterocycles. The first-order chi connectivity index (χ1) is 6.16. The van der Waals surface area contributed by atoms with Crippen molar-refractivity contribution in [2.24, 2.45) is 5.92 Å². The van der Waals surface area contributed by atoms with Gasteiger partial charge in [-0.25, -0.2) is 0 Å². The molecule has 0 bridgehead atoms. The lowest BCUT2D eigenvalue weighted by atomic mass is 10.3. The fraction of sp³-hybridized carbons (Fsp3) is 0.500. The van der Waals surface area contributed by atoms with E-state index in [-0.39, 0.29) is 5.91 Å². The monoisotopic (exact) mass is 179 g/mol. The molecule has 1 fully saturated rings. The molecule has 1 aliphatic carbocycles. The van der Waals surface area contributed by atoms with E-state index in [1.54, 1.807) is 6.07 Å². The van der Waals surface area contributed by atoms with Gasteiger partial charge in [-0.3, -0.25) is 4.79 Å². The molecule has 0 radical (unpaired) electrons. The van der Waals surface area contributed by atoms with Crippen molar-refractivity contribution in [2.45, 2.75) is 26.3 Å². The number of aryl methyl sites for hydroxylation is 1. The van der Waals surface area contributed by atoms with Crippen LogP contribution in [0.15, 0.2) is 16.7 Å². The van der Waals surface area contributed by atoms with Gasteiger partial charge in [0.05, 0.1) is 5.56 Å². The summed E-state index contributed by atoms with van der Waals surface area (Å²) in [5.74, 6) is 1.39. The minimum absolute atomic E-state index is 0.0220. The first-order valence-corrected chi connectivity index (χ1v) is 4.53. The largest absolute Gasteiger partial charge is 0.469 e. The molecule has 2 rings (SSSR count). The summed E-state index contributed by atoms with van der Waals surface area (Å²) < 4.78 is 5.05. The van der Waals surface area contributed by atoms with Crippen LogP contribution in [0.1, 0.15) is 29.5 Å². The van der Waals surface area contributed by atoms with Gasteiger partial charge in [0.15, 0.2) is 0 Å². The van der Waals surface area contributed by atoms with E-state index in [0.717, 1.165) is 12.2 Å². The third-order valence-corrected chi connectivity index (χ3v) is 2.42. The summed E-state index contributed by atoms with van der Waals surface area (Å²) in [6.07, 6.45) is 2.60. The van der Waals surface area contributed by atoms with Gasteiger partial charge in [0.2, 0.25) is 0 Å². The second-order valence-corrected chi connectivity index (χ2v) is 3.74. The van der Waals surface area contributed by atoms with Gasteiger partial charge in [0.1, 0.15) is 12.0 Å². The molecule has 1 saturated carbocycles. The normalized spacial score (nSPS) is 25.7. The van der Waals surface area contributed by atoms with Gasteiger partial charge in [0, 0.05) is 6.04 Å². The number of amides is 1. The SMILES string of the molecule is Cc1cc(C(=O)NC2CC2C)co1. The van der Waals surface area contributed by atoms with Crippen molar-refractivity contribution in [3.05, 3.63) is 23.7 Å². The molecule has 13 heavy (non-hydrogen) atoms. The van der Waals surface area contributed by atoms with E-state index >= 15 is 0 Å². The molecule has 1 N–H and O–H groups in total. The lowest BCUT2D eigenvalue weighted by Crippen LogP contribution is -2.25. The predicted molar refractivity (Wildman–Crippen MR) is 48.5 cm³/mol. The second-order valence-electron chi connectivity index (χ2n) is 3.74. The average molecular weight is 179 g/mol. The number of hydrogen-bond donors (Lipinski definition) is 1. The van der Waals surface area contributed by atoms with Crippen LogP contribution in [0.3, 0.4) is 0 Å². The maximum Gasteiger partial charge on any atom is 0.254 e. The van der Waals surface area contributed by atoms with Gasteiger partial charge in [-0.1, -0.05) is 6.92 Å². The zero-order chi connectivity index (χ0) is 9.42. The Bertz CT molecular complexity index is 329. The Balaban J connectivity index is 1.97. The summed E-state index contributed by atoms with van der Waals surface area (Å²) in [7, 11) is 0. The van der Waals surface area contributed by atoms with Crippen molar-refractivity contribution in [1.82, 2.24) is 5.32 Å². The first-order valence-electron chi connectivity index (χ1n) is 4.53. The van der Waals surface area contributed by atoms with Crippen LogP contribution in [0.4, 0.5) is 0 Å². The molecule has 1 amide bonds. The Kier molecular flexibility index (Phi) is 1.87. The smallest absolute Gasteiger partial charge is 0.254 e. The van der Waals surface area contributed by atoms with Crippen LogP contribution in [0.25, 0.3) is 0 Å². The number of furan rings is 1. The van der Waals surface area contributed by atoms with E-state index in [0.29, 0.717) is 17.5 Å². The van der Waals surface area contributed by atoms with Crippen molar-refractivity contribution >= 4 is 5.91 Å². The first kappa shape index (κ1) is 8.35. The quantitative estimate of drug-likeness (QED) is 0.751. The van der Waals surface area contributed by atoms with Crippen molar-refractivity contribution in [2.75, 3.05) is 0 Å². The summed E-state index contributed by atoms with van der Waals surface area (Å²) in [5.41, 5.74) is 0.622. The highest BCUT2D eigenvalue weighted by Crippen LogP contribution is 2.29. The Morgan fingerprint density at radius 2 is 2.38 bits per heavy atom. The highest BCUT2D eigenvalue weighted by molar-refractivity contribution is 5.94. The van der Waals surface area contributed by atoms with E-state index < -0.39 is 0 Å². The molecule has 2 unspecified atom stereocenters. The lowest BCUT2D eigenvalue weighted by molar-refractivity contribution is 0.0948. The zero-order valence-electron chi connectivity index (χ0n) is 7.83. The van der Waals surface area contributed by atoms with Crippen LogP contribution in [0.2, 0.25) is 0 Å². The molecule has 0 spiro atoms. The number of nitrogens with one attached hydrogen (secondary N) is 1. The Labute approximate surface area is 77.1 Å². The van der Waals surface area contributed by atoms with E-state index in [1.807, 2.05) is 6.92 Å². The Morgan fingerprint density at radius 3 is 2.85 bits per heavy atom. The highest BCUT2D eigenvalue weighted by atomic mass is 16.3. The maximum atomic E-state index is 11.5. The third-order valence-electron chi connectivity index (χ3n) is 2.42. The van der Waals surface area contributed by atoms with Crippen LogP contribution in [0, 0.1) is 12.8 Å². The lowest BCUT2D eigenvalue weighted by Gasteiger charge is -1.99. The van der Waals surface area contributed by atoms with Crippen molar-refractivity contribution in [3.8, 4) is 0 Å². The Hall–Kier alpha value is -1.25. The van der Waals surface area contributed by atoms with Crippen molar-refractivity contribution in [3.63, 3.8) is 0 Å². The molecular weight excluding hydrogens is 166 g/mol. The van der Waals surface area contributed by atoms with Gasteiger partial charge in [0.25, 0.3) is 5.91 Å². The van der Waals surface area contributed by atoms with E-state index in [9.17, 15) is 4.79 Å². The number of rotatable bonds is 2. The van der Waals surface area contributed by atoms with Gasteiger partial charge >= 0.3 is 0 Å². The summed E-state index contributed by atoms with van der Waals surface area (Å²) >= 11 is 0. The van der Waals surface area contributed by atoms with Crippen LogP contribution in [-0.2, 0) is 0 Å². The van der Waals surface area contributed by atoms with Gasteiger partial charge in [-0.2, -0.15) is 0 Å². The molecule has 0 saturated heterocycles. The van der Waals surface area contributed by atoms with Crippen LogP contribution < -0.4 is 5.32 Å². The maximum absolute atomic E-state index is 11.5. The summed E-state index contributed by atoms with van der Waals surface area (Å²) in [6.45, 7) is 3.96. The number of carbonyl (C=O) groups excluding carboxylic acids is 1. The fourth-order valence-corrected chi connectivity index (χ4v) is 1.34. The molecule has 0 aromatic carbocycles. The molecule has 3 nitrogen and oxygen atoms in total. The van der Waals surface area contributed by atoms with Crippen molar-refractivity contribution in [1.29, 1.82) is 0 Å². The molecule has 3 heteroatoms. The molecular formula is C10H13NO2. The second kappa shape index (κ2) is 2.91.